The van der Waals surface area contributed by atoms with Crippen LogP contribution in [0.1, 0.15) is 5.82 Å². The number of nitrogens with two attached hydrogens (primary N) is 1. The summed E-state index contributed by atoms with van der Waals surface area (Å²) >= 11 is 1.94. The van der Waals surface area contributed by atoms with Gasteiger partial charge in [-0.05, 0) is 12.1 Å². The standard InChI is InChI=1S/C13H17N7S/c14-13(20-5-7-21-8-6-20)16-9-11-17-12(19-18-11)10-3-1-2-4-15-10/h1-4H,5-9H2,(H2,14,16)(H,17,18,19). The fraction of sp³-hybridized carbons (Fsp3) is 0.385. The molecule has 1 aliphatic heterocycles. The molecule has 110 valence electrons. The first kappa shape index (κ1) is 13.9. The van der Waals surface area contributed by atoms with E-state index in [-0.39, 0.29) is 0 Å². The van der Waals surface area contributed by atoms with E-state index in [4.69, 9.17) is 5.73 Å². The van der Waals surface area contributed by atoms with Crippen molar-refractivity contribution in [1.29, 1.82) is 0 Å². The van der Waals surface area contributed by atoms with Gasteiger partial charge in [-0.1, -0.05) is 6.07 Å². The van der Waals surface area contributed by atoms with Gasteiger partial charge in [-0.3, -0.25) is 10.1 Å². The van der Waals surface area contributed by atoms with Crippen LogP contribution in [0.3, 0.4) is 0 Å². The van der Waals surface area contributed by atoms with Crippen LogP contribution in [-0.2, 0) is 6.54 Å². The van der Waals surface area contributed by atoms with Gasteiger partial charge in [0.05, 0.1) is 0 Å². The van der Waals surface area contributed by atoms with Crippen LogP contribution < -0.4 is 5.73 Å². The molecule has 3 heterocycles. The van der Waals surface area contributed by atoms with Gasteiger partial charge in [-0.25, -0.2) is 9.98 Å². The molecule has 0 radical (unpaired) electrons. The van der Waals surface area contributed by atoms with Crippen LogP contribution in [0.4, 0.5) is 0 Å². The van der Waals surface area contributed by atoms with E-state index in [0.29, 0.717) is 24.2 Å². The van der Waals surface area contributed by atoms with Crippen LogP contribution in [0.2, 0.25) is 0 Å². The molecule has 7 nitrogen and oxygen atoms in total. The van der Waals surface area contributed by atoms with Gasteiger partial charge < -0.3 is 10.6 Å². The monoisotopic (exact) mass is 303 g/mol. The Morgan fingerprint density at radius 1 is 1.38 bits per heavy atom. The van der Waals surface area contributed by atoms with Crippen LogP contribution in [0.5, 0.6) is 0 Å². The average Bonchev–Trinajstić information content (AvgIpc) is 3.03. The molecule has 0 spiro atoms. The SMILES string of the molecule is NC(=NCc1nc(-c2ccccn2)n[nH]1)N1CCSCC1. The van der Waals surface area contributed by atoms with E-state index in [1.165, 1.54) is 0 Å². The molecule has 2 aromatic heterocycles. The van der Waals surface area contributed by atoms with Gasteiger partial charge in [0.1, 0.15) is 18.1 Å². The zero-order valence-electron chi connectivity index (χ0n) is 11.6. The number of thioether (sulfide) groups is 1. The Kier molecular flexibility index (Phi) is 4.34. The molecule has 21 heavy (non-hydrogen) atoms. The lowest BCUT2D eigenvalue weighted by Crippen LogP contribution is -2.42. The fourth-order valence-electron chi connectivity index (χ4n) is 2.02. The summed E-state index contributed by atoms with van der Waals surface area (Å²) in [7, 11) is 0. The van der Waals surface area contributed by atoms with Crippen LogP contribution in [0.15, 0.2) is 29.4 Å². The summed E-state index contributed by atoms with van der Waals surface area (Å²) in [6.45, 7) is 2.31. The zero-order chi connectivity index (χ0) is 14.5. The van der Waals surface area contributed by atoms with Crippen molar-refractivity contribution in [3.8, 4) is 11.5 Å². The molecule has 0 unspecified atom stereocenters. The molecule has 3 N–H and O–H groups in total. The Bertz CT molecular complexity index is 604. The number of hydrogen-bond acceptors (Lipinski definition) is 5. The topological polar surface area (TPSA) is 96.1 Å². The molecular formula is C13H17N7S. The van der Waals surface area contributed by atoms with Gasteiger partial charge in [0, 0.05) is 30.8 Å². The summed E-state index contributed by atoms with van der Waals surface area (Å²) in [5.41, 5.74) is 6.75. The molecule has 1 aliphatic rings. The van der Waals surface area contributed by atoms with Crippen molar-refractivity contribution >= 4 is 17.7 Å². The molecule has 3 rings (SSSR count). The molecule has 1 saturated heterocycles. The van der Waals surface area contributed by atoms with Crippen LogP contribution >= 0.6 is 11.8 Å². The van der Waals surface area contributed by atoms with Crippen LogP contribution in [0.25, 0.3) is 11.5 Å². The second-order valence-corrected chi connectivity index (χ2v) is 5.82. The van der Waals surface area contributed by atoms with Crippen LogP contribution in [-0.4, -0.2) is 55.6 Å². The molecule has 2 aromatic rings. The third-order valence-corrected chi connectivity index (χ3v) is 4.09. The van der Waals surface area contributed by atoms with E-state index < -0.39 is 0 Å². The fourth-order valence-corrected chi connectivity index (χ4v) is 2.93. The van der Waals surface area contributed by atoms with E-state index in [1.54, 1.807) is 6.20 Å². The highest BCUT2D eigenvalue weighted by atomic mass is 32.2. The highest BCUT2D eigenvalue weighted by Gasteiger charge is 2.12. The van der Waals surface area contributed by atoms with Crippen molar-refractivity contribution in [1.82, 2.24) is 25.1 Å². The number of pyridine rings is 1. The van der Waals surface area contributed by atoms with E-state index in [9.17, 15) is 0 Å². The number of aliphatic imine (C=N–C) groups is 1. The first-order valence-electron chi connectivity index (χ1n) is 6.78. The van der Waals surface area contributed by atoms with E-state index >= 15 is 0 Å². The first-order chi connectivity index (χ1) is 10.3. The van der Waals surface area contributed by atoms with Crippen molar-refractivity contribution in [2.45, 2.75) is 6.54 Å². The van der Waals surface area contributed by atoms with Crippen molar-refractivity contribution in [2.75, 3.05) is 24.6 Å². The molecule has 1 fully saturated rings. The normalized spacial score (nSPS) is 16.2. The number of aromatic amines is 1. The minimum absolute atomic E-state index is 0.398. The van der Waals surface area contributed by atoms with Crippen molar-refractivity contribution in [2.24, 2.45) is 10.7 Å². The quantitative estimate of drug-likeness (QED) is 0.641. The number of H-pyrrole nitrogens is 1. The summed E-state index contributed by atoms with van der Waals surface area (Å²) in [6, 6.07) is 5.64. The maximum Gasteiger partial charge on any atom is 0.199 e. The third kappa shape index (κ3) is 3.52. The van der Waals surface area contributed by atoms with Gasteiger partial charge in [0.15, 0.2) is 11.8 Å². The molecule has 0 atom stereocenters. The van der Waals surface area contributed by atoms with E-state index in [1.807, 2.05) is 30.0 Å². The van der Waals surface area contributed by atoms with Gasteiger partial charge in [0.25, 0.3) is 0 Å². The third-order valence-electron chi connectivity index (χ3n) is 3.15. The summed E-state index contributed by atoms with van der Waals surface area (Å²) in [5.74, 6) is 4.04. The van der Waals surface area contributed by atoms with Gasteiger partial charge in [0.2, 0.25) is 0 Å². The number of nitrogens with one attached hydrogen (secondary N) is 1. The first-order valence-corrected chi connectivity index (χ1v) is 7.94. The van der Waals surface area contributed by atoms with Gasteiger partial charge >= 0.3 is 0 Å². The summed E-state index contributed by atoms with van der Waals surface area (Å²) in [6.07, 6.45) is 1.72. The number of hydrogen-bond donors (Lipinski definition) is 2. The Morgan fingerprint density at radius 2 is 2.24 bits per heavy atom. The highest BCUT2D eigenvalue weighted by molar-refractivity contribution is 7.99. The van der Waals surface area contributed by atoms with Gasteiger partial charge in [-0.2, -0.15) is 16.9 Å². The van der Waals surface area contributed by atoms with Crippen LogP contribution in [0, 0.1) is 0 Å². The molecule has 0 bridgehead atoms. The van der Waals surface area contributed by atoms with Crippen molar-refractivity contribution < 1.29 is 0 Å². The Morgan fingerprint density at radius 3 is 3.00 bits per heavy atom. The summed E-state index contributed by atoms with van der Waals surface area (Å²) in [5, 5.41) is 7.03. The summed E-state index contributed by atoms with van der Waals surface area (Å²) in [4.78, 5) is 15.1. The number of guanidine groups is 1. The van der Waals surface area contributed by atoms with Gasteiger partial charge in [-0.15, -0.1) is 0 Å². The zero-order valence-corrected chi connectivity index (χ0v) is 12.4. The summed E-state index contributed by atoms with van der Waals surface area (Å²) < 4.78 is 0. The molecule has 0 aromatic carbocycles. The maximum atomic E-state index is 6.01. The number of rotatable bonds is 3. The smallest absolute Gasteiger partial charge is 0.199 e. The lowest BCUT2D eigenvalue weighted by atomic mass is 10.3. The molecule has 0 saturated carbocycles. The molecule has 0 amide bonds. The lowest BCUT2D eigenvalue weighted by molar-refractivity contribution is 0.455. The highest BCUT2D eigenvalue weighted by Crippen LogP contribution is 2.11. The number of nitrogens with zero attached hydrogens (tertiary/aromatic N) is 5. The Balaban J connectivity index is 1.64. The minimum Gasteiger partial charge on any atom is -0.370 e. The predicted octanol–water partition coefficient (Wildman–Crippen LogP) is 0.730. The van der Waals surface area contributed by atoms with Crippen molar-refractivity contribution in [3.63, 3.8) is 0 Å². The maximum absolute atomic E-state index is 6.01. The largest absolute Gasteiger partial charge is 0.370 e. The number of aromatic nitrogens is 4. The average molecular weight is 303 g/mol. The Hall–Kier alpha value is -2.09. The predicted molar refractivity (Wildman–Crippen MR) is 83.8 cm³/mol. The second kappa shape index (κ2) is 6.57. The lowest BCUT2D eigenvalue weighted by Gasteiger charge is -2.27. The minimum atomic E-state index is 0.398. The molecule has 8 heteroatoms. The Labute approximate surface area is 127 Å². The molecule has 0 aliphatic carbocycles. The van der Waals surface area contributed by atoms with E-state index in [2.05, 4.69) is 30.1 Å². The molecular weight excluding hydrogens is 286 g/mol. The second-order valence-electron chi connectivity index (χ2n) is 4.59. The van der Waals surface area contributed by atoms with Crippen molar-refractivity contribution in [3.05, 3.63) is 30.2 Å². The van der Waals surface area contributed by atoms with E-state index in [0.717, 1.165) is 30.3 Å².